The van der Waals surface area contributed by atoms with E-state index in [1.54, 1.807) is 0 Å². The first-order chi connectivity index (χ1) is 9.46. The Labute approximate surface area is 123 Å². The molecule has 3 heteroatoms. The molecule has 1 fully saturated rings. The summed E-state index contributed by atoms with van der Waals surface area (Å²) < 4.78 is 0. The van der Waals surface area contributed by atoms with Gasteiger partial charge in [-0.2, -0.15) is 0 Å². The van der Waals surface area contributed by atoms with Crippen molar-refractivity contribution in [1.82, 2.24) is 5.32 Å². The maximum Gasteiger partial charge on any atom is 0.0371 e. The zero-order valence-electron chi connectivity index (χ0n) is 13.4. The van der Waals surface area contributed by atoms with Crippen molar-refractivity contribution in [2.75, 3.05) is 36.4 Å². The molecule has 0 bridgehead atoms. The van der Waals surface area contributed by atoms with Gasteiger partial charge in [-0.3, -0.25) is 0 Å². The summed E-state index contributed by atoms with van der Waals surface area (Å²) in [6.07, 6.45) is 2.66. The quantitative estimate of drug-likeness (QED) is 0.807. The van der Waals surface area contributed by atoms with E-state index in [1.807, 2.05) is 0 Å². The molecule has 2 rings (SSSR count). The van der Waals surface area contributed by atoms with Crippen LogP contribution in [0.1, 0.15) is 39.2 Å². The van der Waals surface area contributed by atoms with Gasteiger partial charge in [0.05, 0.1) is 0 Å². The molecule has 1 saturated heterocycles. The first-order valence-corrected chi connectivity index (χ1v) is 7.80. The Bertz CT molecular complexity index is 428. The third-order valence-corrected chi connectivity index (χ3v) is 3.78. The number of hydrogen-bond acceptors (Lipinski definition) is 3. The first-order valence-electron chi connectivity index (χ1n) is 7.80. The van der Waals surface area contributed by atoms with E-state index in [9.17, 15) is 0 Å². The number of rotatable bonds is 5. The van der Waals surface area contributed by atoms with Crippen molar-refractivity contribution in [3.63, 3.8) is 0 Å². The first kappa shape index (κ1) is 15.2. The van der Waals surface area contributed by atoms with E-state index in [0.717, 1.165) is 13.1 Å². The largest absolute Gasteiger partial charge is 0.384 e. The minimum Gasteiger partial charge on any atom is -0.384 e. The molecule has 1 aliphatic rings. The van der Waals surface area contributed by atoms with Crippen LogP contribution in [-0.2, 0) is 0 Å². The highest BCUT2D eigenvalue weighted by molar-refractivity contribution is 5.60. The van der Waals surface area contributed by atoms with Crippen molar-refractivity contribution in [2.24, 2.45) is 0 Å². The summed E-state index contributed by atoms with van der Waals surface area (Å²) >= 11 is 0. The van der Waals surface area contributed by atoms with Gasteiger partial charge in [-0.05, 0) is 64.3 Å². The number of anilines is 2. The number of nitrogens with zero attached hydrogens (tertiary/aromatic N) is 1. The fourth-order valence-corrected chi connectivity index (χ4v) is 2.65. The van der Waals surface area contributed by atoms with Gasteiger partial charge in [0.2, 0.25) is 0 Å². The summed E-state index contributed by atoms with van der Waals surface area (Å²) in [5.74, 6) is 0. The van der Waals surface area contributed by atoms with Gasteiger partial charge in [0.1, 0.15) is 0 Å². The van der Waals surface area contributed by atoms with Crippen LogP contribution in [0.4, 0.5) is 11.4 Å². The zero-order valence-corrected chi connectivity index (χ0v) is 13.4. The lowest BCUT2D eigenvalue weighted by Gasteiger charge is -2.22. The fraction of sp³-hybridized carbons (Fsp3) is 0.647. The Balaban J connectivity index is 1.86. The van der Waals surface area contributed by atoms with Crippen molar-refractivity contribution >= 4 is 11.4 Å². The molecule has 0 atom stereocenters. The van der Waals surface area contributed by atoms with E-state index in [4.69, 9.17) is 0 Å². The molecule has 0 spiro atoms. The van der Waals surface area contributed by atoms with Crippen LogP contribution in [0, 0.1) is 6.92 Å². The average molecular weight is 275 g/mol. The highest BCUT2D eigenvalue weighted by atomic mass is 15.1. The molecular weight excluding hydrogens is 246 g/mol. The highest BCUT2D eigenvalue weighted by Crippen LogP contribution is 2.25. The molecule has 0 radical (unpaired) electrons. The summed E-state index contributed by atoms with van der Waals surface area (Å²) in [6.45, 7) is 13.1. The predicted octanol–water partition coefficient (Wildman–Crippen LogP) is 3.40. The second-order valence-electron chi connectivity index (χ2n) is 6.80. The predicted molar refractivity (Wildman–Crippen MR) is 88.9 cm³/mol. The topological polar surface area (TPSA) is 27.3 Å². The van der Waals surface area contributed by atoms with Crippen molar-refractivity contribution in [3.05, 3.63) is 23.8 Å². The smallest absolute Gasteiger partial charge is 0.0371 e. The molecule has 0 saturated carbocycles. The van der Waals surface area contributed by atoms with Crippen molar-refractivity contribution in [1.29, 1.82) is 0 Å². The van der Waals surface area contributed by atoms with E-state index in [0.29, 0.717) is 0 Å². The van der Waals surface area contributed by atoms with Crippen LogP contribution < -0.4 is 15.5 Å². The molecule has 0 aromatic heterocycles. The summed E-state index contributed by atoms with van der Waals surface area (Å²) in [5, 5.41) is 7.02. The Hall–Kier alpha value is -1.22. The number of hydrogen-bond donors (Lipinski definition) is 2. The molecule has 1 aromatic rings. The van der Waals surface area contributed by atoms with Crippen LogP contribution in [0.15, 0.2) is 18.2 Å². The maximum atomic E-state index is 3.52. The van der Waals surface area contributed by atoms with Crippen LogP contribution in [0.2, 0.25) is 0 Å². The molecular formula is C17H29N3. The number of aryl methyl sites for hydroxylation is 1. The molecule has 3 nitrogen and oxygen atoms in total. The molecule has 0 aliphatic carbocycles. The third kappa shape index (κ3) is 4.41. The standard InChI is InChI=1S/C17H29N3/c1-14-13-15(20-11-5-6-12-20)7-8-16(14)18-9-10-19-17(2,3)4/h7-8,13,18-19H,5-6,9-12H2,1-4H3. The molecule has 20 heavy (non-hydrogen) atoms. The highest BCUT2D eigenvalue weighted by Gasteiger charge is 2.13. The van der Waals surface area contributed by atoms with Gasteiger partial charge in [-0.25, -0.2) is 0 Å². The van der Waals surface area contributed by atoms with Crippen molar-refractivity contribution < 1.29 is 0 Å². The lowest BCUT2D eigenvalue weighted by molar-refractivity contribution is 0.435. The van der Waals surface area contributed by atoms with E-state index in [-0.39, 0.29) is 5.54 Å². The Kier molecular flexibility index (Phi) is 4.92. The summed E-state index contributed by atoms with van der Waals surface area (Å²) in [7, 11) is 0. The molecule has 112 valence electrons. The van der Waals surface area contributed by atoms with Gasteiger partial charge in [-0.15, -0.1) is 0 Å². The molecule has 0 amide bonds. The number of nitrogens with one attached hydrogen (secondary N) is 2. The average Bonchev–Trinajstić information content (AvgIpc) is 2.88. The molecule has 1 heterocycles. The molecule has 2 N–H and O–H groups in total. The third-order valence-electron chi connectivity index (χ3n) is 3.78. The second kappa shape index (κ2) is 6.49. The lowest BCUT2D eigenvalue weighted by Crippen LogP contribution is -2.38. The van der Waals surface area contributed by atoms with E-state index < -0.39 is 0 Å². The Morgan fingerprint density at radius 3 is 2.40 bits per heavy atom. The summed E-state index contributed by atoms with van der Waals surface area (Å²) in [4.78, 5) is 2.48. The summed E-state index contributed by atoms with van der Waals surface area (Å²) in [6, 6.07) is 6.78. The van der Waals surface area contributed by atoms with Gasteiger partial charge in [0.25, 0.3) is 0 Å². The van der Waals surface area contributed by atoms with E-state index >= 15 is 0 Å². The van der Waals surface area contributed by atoms with Gasteiger partial charge < -0.3 is 15.5 Å². The van der Waals surface area contributed by atoms with E-state index in [2.05, 4.69) is 61.4 Å². The SMILES string of the molecule is Cc1cc(N2CCCC2)ccc1NCCNC(C)(C)C. The van der Waals surface area contributed by atoms with Gasteiger partial charge in [-0.1, -0.05) is 0 Å². The van der Waals surface area contributed by atoms with Crippen molar-refractivity contribution in [3.8, 4) is 0 Å². The molecule has 1 aromatic carbocycles. The fourth-order valence-electron chi connectivity index (χ4n) is 2.65. The maximum absolute atomic E-state index is 3.52. The minimum absolute atomic E-state index is 0.191. The van der Waals surface area contributed by atoms with Crippen LogP contribution >= 0.6 is 0 Å². The van der Waals surface area contributed by atoms with Gasteiger partial charge in [0.15, 0.2) is 0 Å². The van der Waals surface area contributed by atoms with E-state index in [1.165, 1.54) is 42.9 Å². The van der Waals surface area contributed by atoms with Crippen LogP contribution in [-0.4, -0.2) is 31.7 Å². The molecule has 0 unspecified atom stereocenters. The monoisotopic (exact) mass is 275 g/mol. The Morgan fingerprint density at radius 2 is 1.80 bits per heavy atom. The van der Waals surface area contributed by atoms with Gasteiger partial charge >= 0.3 is 0 Å². The van der Waals surface area contributed by atoms with Crippen LogP contribution in [0.5, 0.6) is 0 Å². The second-order valence-corrected chi connectivity index (χ2v) is 6.80. The molecule has 1 aliphatic heterocycles. The Morgan fingerprint density at radius 1 is 1.10 bits per heavy atom. The normalized spacial score (nSPS) is 15.7. The lowest BCUT2D eigenvalue weighted by atomic mass is 10.1. The summed E-state index contributed by atoms with van der Waals surface area (Å²) in [5.41, 5.74) is 4.16. The zero-order chi connectivity index (χ0) is 14.6. The van der Waals surface area contributed by atoms with Gasteiger partial charge in [0, 0.05) is 43.1 Å². The van der Waals surface area contributed by atoms with Crippen LogP contribution in [0.25, 0.3) is 0 Å². The number of benzene rings is 1. The van der Waals surface area contributed by atoms with Crippen molar-refractivity contribution in [2.45, 2.75) is 46.1 Å². The van der Waals surface area contributed by atoms with Crippen LogP contribution in [0.3, 0.4) is 0 Å². The minimum atomic E-state index is 0.191.